The molecule has 3 aliphatic heterocycles. The smallest absolute Gasteiger partial charge is 0.313 e. The number of alkyl halides is 1. The van der Waals surface area contributed by atoms with E-state index in [4.69, 9.17) is 52.3 Å². The van der Waals surface area contributed by atoms with Crippen molar-refractivity contribution in [3.05, 3.63) is 46.0 Å². The van der Waals surface area contributed by atoms with E-state index in [2.05, 4.69) is 57.5 Å². The lowest BCUT2D eigenvalue weighted by Crippen LogP contribution is -2.46. The van der Waals surface area contributed by atoms with E-state index in [0.29, 0.717) is 0 Å². The Hall–Kier alpha value is -4.76. The molecule has 0 bridgehead atoms. The van der Waals surface area contributed by atoms with E-state index in [0.717, 1.165) is 32.7 Å². The Bertz CT molecular complexity index is 3460. The highest BCUT2D eigenvalue weighted by Crippen LogP contribution is 2.63. The molecule has 43 heteroatoms. The number of rotatable bonds is 18. The summed E-state index contributed by atoms with van der Waals surface area (Å²) in [6, 6.07) is 0. The average molecular weight is 1150 g/mol. The van der Waals surface area contributed by atoms with Crippen molar-refractivity contribution in [2.75, 3.05) is 37.0 Å². The minimum atomic E-state index is -6.60. The van der Waals surface area contributed by atoms with Gasteiger partial charge in [-0.2, -0.15) is 4.98 Å². The summed E-state index contributed by atoms with van der Waals surface area (Å²) in [5, 5.41) is 43.0. The maximum atomic E-state index is 16.5. The molecule has 0 amide bonds. The molecule has 0 radical (unpaired) electrons. The molecule has 0 spiro atoms. The minimum Gasteiger partial charge on any atom is -0.780 e. The highest BCUT2D eigenvalue weighted by atomic mass is 32.5. The molecule has 0 aromatic carbocycles. The molecule has 0 aliphatic carbocycles. The lowest BCUT2D eigenvalue weighted by molar-refractivity contribution is -0.745. The maximum Gasteiger partial charge on any atom is 0.313 e. The third-order valence-corrected chi connectivity index (χ3v) is 16.9. The molecular weight excluding hydrogens is 1110 g/mol. The Balaban J connectivity index is 0.850. The number of aliphatic hydroxyl groups excluding tert-OH is 4. The van der Waals surface area contributed by atoms with Crippen LogP contribution in [0.25, 0.3) is 33.5 Å². The first kappa shape index (κ1) is 54.0. The van der Waals surface area contributed by atoms with Crippen LogP contribution in [0.4, 0.5) is 22.1 Å². The van der Waals surface area contributed by atoms with Crippen LogP contribution in [0.5, 0.6) is 0 Å². The number of nitrogens with zero attached hydrogens (tertiary/aromatic N) is 10. The van der Waals surface area contributed by atoms with Crippen LogP contribution in [0.2, 0.25) is 0 Å². The SMILES string of the molecule is Cn1c[n+]([C@@H]2O[C@H](COP(=O)([O-])OP(=O)([O-])OP(=O)([O-])OC[C@H]3O[C@@H](n4cnc5c(N)ncnc54)C(F)[C@H]3OP([O-])(=S)OC[C@H]3O[C@@H](n4cnc5c(=O)[nH]c(N)nc54)[C@@H](O)C3O)C(O)[C@@H]2O)c2nc(N)[nH]c(=O)c21. The number of H-pyrrole nitrogens is 2. The van der Waals surface area contributed by atoms with Crippen LogP contribution < -0.4 is 52.5 Å². The lowest BCUT2D eigenvalue weighted by Gasteiger charge is -2.35. The summed E-state index contributed by atoms with van der Waals surface area (Å²) in [6.07, 6.45) is -18.4. The first-order chi connectivity index (χ1) is 34.6. The number of hydrogen-bond acceptors (Lipinski definition) is 32. The Morgan fingerprint density at radius 1 is 0.743 bits per heavy atom. The summed E-state index contributed by atoms with van der Waals surface area (Å²) in [4.78, 5) is 105. The molecule has 0 saturated carbocycles. The fourth-order valence-corrected chi connectivity index (χ4v) is 12.8. The highest BCUT2D eigenvalue weighted by Gasteiger charge is 2.51. The zero-order valence-electron chi connectivity index (χ0n) is 36.8. The van der Waals surface area contributed by atoms with Crippen molar-refractivity contribution in [1.82, 2.24) is 53.6 Å². The van der Waals surface area contributed by atoms with Crippen molar-refractivity contribution in [3.8, 4) is 0 Å². The number of phosphoric acid groups is 3. The van der Waals surface area contributed by atoms with Crippen LogP contribution in [0.15, 0.2) is 34.9 Å². The second kappa shape index (κ2) is 20.0. The number of hydrogen-bond donors (Lipinski definition) is 9. The van der Waals surface area contributed by atoms with E-state index in [1.165, 1.54) is 17.9 Å². The van der Waals surface area contributed by atoms with E-state index in [-0.39, 0.29) is 51.2 Å². The van der Waals surface area contributed by atoms with E-state index in [9.17, 15) is 63.3 Å². The second-order valence-electron chi connectivity index (χ2n) is 16.1. The van der Waals surface area contributed by atoms with Crippen LogP contribution >= 0.6 is 30.2 Å². The summed E-state index contributed by atoms with van der Waals surface area (Å²) in [6.45, 7) is -8.73. The number of nitrogens with one attached hydrogen (secondary N) is 2. The lowest BCUT2D eigenvalue weighted by atomic mass is 10.1. The van der Waals surface area contributed by atoms with Gasteiger partial charge >= 0.3 is 5.65 Å². The quantitative estimate of drug-likeness (QED) is 0.0285. The summed E-state index contributed by atoms with van der Waals surface area (Å²) in [7, 11) is -17.7. The summed E-state index contributed by atoms with van der Waals surface area (Å²) in [5.41, 5.74) is 14.9. The number of imidazole rings is 3. The van der Waals surface area contributed by atoms with E-state index < -0.39 is 135 Å². The van der Waals surface area contributed by atoms with Gasteiger partial charge < -0.3 is 89.5 Å². The molecule has 9 rings (SSSR count). The molecule has 3 fully saturated rings. The largest absolute Gasteiger partial charge is 0.780 e. The highest BCUT2D eigenvalue weighted by molar-refractivity contribution is 8.06. The number of aromatic nitrogens is 12. The number of fused-ring (bicyclic) bond motifs is 3. The standard InChI is InChI=1S/C31H40FN15O22P4S/c1-44-8-47(24-15(44)26(53)43-31(35)41-24)29-19(51)16(48)9(65-29)2-61-70(54,55)68-72(58,59)69-71(56,57)62-4-11-20(12(32)27(66-11)45-6-38-13-21(33)36-5-37-22(13)45)67-73(60,74)63-3-10-17(49)18(50)28(64-10)46-7-39-14-23(46)40-30(34)42-25(14)52/h5-12,16-20,27-29,48-51H,2-4H2,1H3,(H11-,33,34,35,36,37,40,41,42,43,52,53,54,55,56,57,58,59,60,74)/p-3/t9-,10-,11-,12?,16?,17?,18+,19+,20+,27-,28-,29-,73?/m1/s1. The minimum absolute atomic E-state index is 0.0520. The van der Waals surface area contributed by atoms with Crippen molar-refractivity contribution in [1.29, 1.82) is 0 Å². The maximum absolute atomic E-state index is 16.5. The fourth-order valence-electron chi connectivity index (χ4n) is 7.99. The molecule has 7 unspecified atom stereocenters. The first-order valence-electron chi connectivity index (χ1n) is 20.7. The normalized spacial score (nSPS) is 30.7. The van der Waals surface area contributed by atoms with Crippen LogP contribution in [0, 0.1) is 0 Å². The van der Waals surface area contributed by atoms with Crippen LogP contribution in [-0.2, 0) is 73.5 Å². The second-order valence-corrected chi connectivity index (χ2v) is 23.3. The molecule has 6 aromatic heterocycles. The Morgan fingerprint density at radius 2 is 1.31 bits per heavy atom. The molecule has 74 heavy (non-hydrogen) atoms. The number of aryl methyl sites for hydroxylation is 1. The predicted molar refractivity (Wildman–Crippen MR) is 231 cm³/mol. The molecule has 3 aliphatic rings. The van der Waals surface area contributed by atoms with Crippen molar-refractivity contribution in [2.24, 2.45) is 7.05 Å². The van der Waals surface area contributed by atoms with Crippen LogP contribution in [-0.4, -0.2) is 149 Å². The molecule has 6 aromatic rings. The fraction of sp³-hybridized carbons (Fsp3) is 0.516. The zero-order valence-corrected chi connectivity index (χ0v) is 41.2. The van der Waals surface area contributed by atoms with Crippen molar-refractivity contribution < 1.29 is 104 Å². The van der Waals surface area contributed by atoms with Gasteiger partial charge in [0.15, 0.2) is 47.6 Å². The molecule has 3 saturated heterocycles. The van der Waals surface area contributed by atoms with E-state index in [1.807, 2.05) is 0 Å². The molecular formula is C31H37FN15O22P4S-3. The molecule has 9 heterocycles. The summed E-state index contributed by atoms with van der Waals surface area (Å²) in [5.74, 6) is -0.832. The van der Waals surface area contributed by atoms with Gasteiger partial charge in [-0.3, -0.25) is 47.0 Å². The Kier molecular flexibility index (Phi) is 14.6. The number of ether oxygens (including phenoxy) is 3. The van der Waals surface area contributed by atoms with Crippen LogP contribution in [0.1, 0.15) is 18.7 Å². The molecule has 16 atom stereocenters. The predicted octanol–water partition coefficient (Wildman–Crippen LogP) is -6.80. The molecule has 37 nitrogen and oxygen atoms in total. The monoisotopic (exact) mass is 1150 g/mol. The number of aliphatic hydroxyl groups is 4. The van der Waals surface area contributed by atoms with E-state index in [1.54, 1.807) is 0 Å². The van der Waals surface area contributed by atoms with Crippen molar-refractivity contribution in [2.45, 2.75) is 73.7 Å². The average Bonchev–Trinajstić information content (AvgIpc) is 4.15. The third kappa shape index (κ3) is 10.7. The van der Waals surface area contributed by atoms with Gasteiger partial charge in [-0.15, -0.1) is 0 Å². The molecule has 12 N–H and O–H groups in total. The van der Waals surface area contributed by atoms with Gasteiger partial charge in [0.2, 0.25) is 17.7 Å². The number of nitrogens with two attached hydrogens (primary N) is 3. The van der Waals surface area contributed by atoms with Crippen molar-refractivity contribution in [3.63, 3.8) is 0 Å². The molecule has 404 valence electrons. The third-order valence-electron chi connectivity index (χ3n) is 11.2. The van der Waals surface area contributed by atoms with E-state index >= 15 is 4.39 Å². The van der Waals surface area contributed by atoms with Gasteiger partial charge in [0.05, 0.1) is 39.5 Å². The van der Waals surface area contributed by atoms with Crippen LogP contribution in [0.3, 0.4) is 0 Å². The van der Waals surface area contributed by atoms with Gasteiger partial charge in [0.25, 0.3) is 40.5 Å². The van der Waals surface area contributed by atoms with Gasteiger partial charge in [0.1, 0.15) is 67.4 Å². The van der Waals surface area contributed by atoms with Crippen molar-refractivity contribution >= 4 is 93.2 Å². The number of aromatic amines is 2. The topological polar surface area (TPSA) is 547 Å². The number of halogens is 1. The van der Waals surface area contributed by atoms with Gasteiger partial charge in [-0.25, -0.2) is 37.5 Å². The number of phosphoric ester groups is 2. The van der Waals surface area contributed by atoms with Gasteiger partial charge in [0, 0.05) is 0 Å². The number of anilines is 3. The number of nitrogen functional groups attached to an aromatic ring is 3. The van der Waals surface area contributed by atoms with Gasteiger partial charge in [-0.1, -0.05) is 16.8 Å². The first-order valence-corrected chi connectivity index (χ1v) is 27.6. The Labute approximate surface area is 413 Å². The Morgan fingerprint density at radius 3 is 2.00 bits per heavy atom. The zero-order chi connectivity index (χ0) is 53.6. The summed E-state index contributed by atoms with van der Waals surface area (Å²) < 4.78 is 103. The summed E-state index contributed by atoms with van der Waals surface area (Å²) >= 11 is 4.98. The van der Waals surface area contributed by atoms with Gasteiger partial charge in [-0.05, 0) is 0 Å².